The first kappa shape index (κ1) is 18.1. The van der Waals surface area contributed by atoms with Crippen LogP contribution >= 0.6 is 0 Å². The zero-order valence-corrected chi connectivity index (χ0v) is 14.8. The van der Waals surface area contributed by atoms with Crippen molar-refractivity contribution in [2.75, 3.05) is 39.8 Å². The number of hydrogen-bond acceptors (Lipinski definition) is 5. The summed E-state index contributed by atoms with van der Waals surface area (Å²) in [7, 11) is 2.02. The first-order chi connectivity index (χ1) is 12.5. The molecule has 1 aromatic carbocycles. The molecule has 8 heteroatoms. The molecule has 1 aliphatic heterocycles. The second-order valence-corrected chi connectivity index (χ2v) is 6.49. The third-order valence-corrected chi connectivity index (χ3v) is 4.55. The molecule has 1 aliphatic rings. The van der Waals surface area contributed by atoms with E-state index in [9.17, 15) is 14.4 Å². The minimum Gasteiger partial charge on any atom is -0.347 e. The van der Waals surface area contributed by atoms with Crippen LogP contribution in [0.25, 0.3) is 11.0 Å². The number of likely N-dealkylation sites (N-methyl/N-ethyl adjacent to an activating group) is 1. The van der Waals surface area contributed by atoms with Crippen molar-refractivity contribution in [2.45, 2.75) is 12.8 Å². The molecule has 2 heterocycles. The van der Waals surface area contributed by atoms with Crippen LogP contribution in [0.4, 0.5) is 0 Å². The fraction of sp³-hybridized carbons (Fsp3) is 0.444. The number of carbonyl (C=O) groups is 2. The number of benzene rings is 1. The zero-order valence-electron chi connectivity index (χ0n) is 14.8. The molecule has 1 saturated heterocycles. The Labute approximate surface area is 151 Å². The number of aryl methyl sites for hydroxylation is 1. The summed E-state index contributed by atoms with van der Waals surface area (Å²) in [4.78, 5) is 47.1. The Morgan fingerprint density at radius 1 is 1.19 bits per heavy atom. The van der Waals surface area contributed by atoms with Crippen molar-refractivity contribution in [3.63, 3.8) is 0 Å². The number of para-hydroxylation sites is 2. The van der Waals surface area contributed by atoms with E-state index in [2.05, 4.69) is 20.2 Å². The zero-order chi connectivity index (χ0) is 18.5. The van der Waals surface area contributed by atoms with E-state index in [1.54, 1.807) is 11.0 Å². The van der Waals surface area contributed by atoms with E-state index in [-0.39, 0.29) is 36.8 Å². The summed E-state index contributed by atoms with van der Waals surface area (Å²) in [5.74, 6) is -0.338. The van der Waals surface area contributed by atoms with Gasteiger partial charge in [-0.15, -0.1) is 0 Å². The quantitative estimate of drug-likeness (QED) is 0.769. The van der Waals surface area contributed by atoms with Crippen LogP contribution in [-0.4, -0.2) is 71.4 Å². The van der Waals surface area contributed by atoms with Crippen molar-refractivity contribution in [3.05, 3.63) is 40.3 Å². The average Bonchev–Trinajstić information content (AvgIpc) is 2.65. The fourth-order valence-electron chi connectivity index (χ4n) is 2.90. The molecule has 1 aromatic heterocycles. The second-order valence-electron chi connectivity index (χ2n) is 6.49. The van der Waals surface area contributed by atoms with E-state index in [4.69, 9.17) is 0 Å². The highest BCUT2D eigenvalue weighted by atomic mass is 16.2. The molecule has 3 rings (SSSR count). The predicted octanol–water partition coefficient (Wildman–Crippen LogP) is -0.254. The number of rotatable bonds is 5. The Bertz CT molecular complexity index is 855. The Hall–Kier alpha value is -2.74. The number of aromatic amines is 1. The largest absolute Gasteiger partial charge is 0.347 e. The molecule has 26 heavy (non-hydrogen) atoms. The number of fused-ring (bicyclic) bond motifs is 1. The van der Waals surface area contributed by atoms with Crippen molar-refractivity contribution in [1.29, 1.82) is 0 Å². The third kappa shape index (κ3) is 4.45. The van der Waals surface area contributed by atoms with Gasteiger partial charge in [0.05, 0.1) is 17.6 Å². The molecular weight excluding hydrogens is 334 g/mol. The summed E-state index contributed by atoms with van der Waals surface area (Å²) in [6, 6.07) is 7.26. The minimum absolute atomic E-state index is 0.00987. The molecule has 0 saturated carbocycles. The van der Waals surface area contributed by atoms with Crippen LogP contribution < -0.4 is 10.9 Å². The van der Waals surface area contributed by atoms with Gasteiger partial charge in [-0.1, -0.05) is 12.1 Å². The normalized spacial score (nSPS) is 15.2. The predicted molar refractivity (Wildman–Crippen MR) is 97.8 cm³/mol. The lowest BCUT2D eigenvalue weighted by Gasteiger charge is -2.32. The van der Waals surface area contributed by atoms with Gasteiger partial charge >= 0.3 is 0 Å². The third-order valence-electron chi connectivity index (χ3n) is 4.55. The number of nitrogens with zero attached hydrogens (tertiary/aromatic N) is 3. The first-order valence-electron chi connectivity index (χ1n) is 8.74. The topological polar surface area (TPSA) is 98.4 Å². The number of aromatic nitrogens is 2. The maximum Gasteiger partial charge on any atom is 0.270 e. The van der Waals surface area contributed by atoms with Crippen molar-refractivity contribution < 1.29 is 9.59 Å². The summed E-state index contributed by atoms with van der Waals surface area (Å²) in [6.07, 6.45) is 0.346. The first-order valence-corrected chi connectivity index (χ1v) is 8.74. The van der Waals surface area contributed by atoms with E-state index in [0.29, 0.717) is 29.8 Å². The molecule has 8 nitrogen and oxygen atoms in total. The molecule has 1 fully saturated rings. The van der Waals surface area contributed by atoms with Crippen LogP contribution in [0.1, 0.15) is 12.1 Å². The molecule has 0 atom stereocenters. The molecular formula is C18H23N5O3. The lowest BCUT2D eigenvalue weighted by atomic mass is 10.2. The molecule has 0 radical (unpaired) electrons. The van der Waals surface area contributed by atoms with Gasteiger partial charge in [-0.05, 0) is 19.2 Å². The van der Waals surface area contributed by atoms with Crippen molar-refractivity contribution in [2.24, 2.45) is 0 Å². The Balaban J connectivity index is 1.49. The summed E-state index contributed by atoms with van der Waals surface area (Å²) < 4.78 is 0. The van der Waals surface area contributed by atoms with Gasteiger partial charge in [0, 0.05) is 39.0 Å². The number of piperazine rings is 1. The molecule has 2 amide bonds. The van der Waals surface area contributed by atoms with E-state index in [0.717, 1.165) is 13.1 Å². The minimum atomic E-state index is -0.287. The van der Waals surface area contributed by atoms with Gasteiger partial charge < -0.3 is 20.1 Å². The number of amides is 2. The molecule has 138 valence electrons. The van der Waals surface area contributed by atoms with Gasteiger partial charge in [0.2, 0.25) is 11.8 Å². The van der Waals surface area contributed by atoms with Gasteiger partial charge in [0.15, 0.2) is 0 Å². The average molecular weight is 357 g/mol. The van der Waals surface area contributed by atoms with Gasteiger partial charge in [0.1, 0.15) is 5.69 Å². The number of nitrogens with one attached hydrogen (secondary N) is 2. The standard InChI is InChI=1S/C18H23N5O3/c1-22-8-10-23(11-9-22)17(25)12-19-16(24)7-6-15-18(26)21-14-5-3-2-4-13(14)20-15/h2-5H,6-12H2,1H3,(H,19,24)(H,21,26). The Morgan fingerprint density at radius 2 is 1.92 bits per heavy atom. The van der Waals surface area contributed by atoms with E-state index in [1.165, 1.54) is 0 Å². The van der Waals surface area contributed by atoms with E-state index < -0.39 is 0 Å². The van der Waals surface area contributed by atoms with Crippen LogP contribution in [0.15, 0.2) is 29.1 Å². The summed E-state index contributed by atoms with van der Waals surface area (Å²) in [6.45, 7) is 3.04. The van der Waals surface area contributed by atoms with Crippen LogP contribution in [0.3, 0.4) is 0 Å². The monoisotopic (exact) mass is 357 g/mol. The van der Waals surface area contributed by atoms with Crippen molar-refractivity contribution in [1.82, 2.24) is 25.1 Å². The van der Waals surface area contributed by atoms with Crippen LogP contribution in [0.5, 0.6) is 0 Å². The van der Waals surface area contributed by atoms with Gasteiger partial charge in [0.25, 0.3) is 5.56 Å². The lowest BCUT2D eigenvalue weighted by molar-refractivity contribution is -0.134. The molecule has 0 bridgehead atoms. The smallest absolute Gasteiger partial charge is 0.270 e. The van der Waals surface area contributed by atoms with Crippen molar-refractivity contribution in [3.8, 4) is 0 Å². The highest BCUT2D eigenvalue weighted by Crippen LogP contribution is 2.07. The van der Waals surface area contributed by atoms with Crippen LogP contribution in [-0.2, 0) is 16.0 Å². The van der Waals surface area contributed by atoms with Crippen molar-refractivity contribution >= 4 is 22.8 Å². The molecule has 2 N–H and O–H groups in total. The van der Waals surface area contributed by atoms with E-state index in [1.807, 2.05) is 25.2 Å². The SMILES string of the molecule is CN1CCN(C(=O)CNC(=O)CCc2nc3ccccc3[nH]c2=O)CC1. The fourth-order valence-corrected chi connectivity index (χ4v) is 2.90. The lowest BCUT2D eigenvalue weighted by Crippen LogP contribution is -2.50. The summed E-state index contributed by atoms with van der Waals surface area (Å²) in [5, 5.41) is 2.63. The maximum atomic E-state index is 12.1. The number of hydrogen-bond donors (Lipinski definition) is 2. The van der Waals surface area contributed by atoms with Crippen LogP contribution in [0, 0.1) is 0 Å². The molecule has 0 unspecified atom stereocenters. The van der Waals surface area contributed by atoms with E-state index >= 15 is 0 Å². The second kappa shape index (κ2) is 8.09. The summed E-state index contributed by atoms with van der Waals surface area (Å²) in [5.41, 5.74) is 1.39. The number of carbonyl (C=O) groups excluding carboxylic acids is 2. The molecule has 2 aromatic rings. The summed E-state index contributed by atoms with van der Waals surface area (Å²) >= 11 is 0. The maximum absolute atomic E-state index is 12.1. The number of H-pyrrole nitrogens is 1. The Kier molecular flexibility index (Phi) is 5.62. The van der Waals surface area contributed by atoms with Gasteiger partial charge in [-0.2, -0.15) is 0 Å². The van der Waals surface area contributed by atoms with Crippen LogP contribution in [0.2, 0.25) is 0 Å². The molecule has 0 aliphatic carbocycles. The Morgan fingerprint density at radius 3 is 2.69 bits per heavy atom. The highest BCUT2D eigenvalue weighted by molar-refractivity contribution is 5.84. The highest BCUT2D eigenvalue weighted by Gasteiger charge is 2.19. The van der Waals surface area contributed by atoms with Gasteiger partial charge in [-0.25, -0.2) is 4.98 Å². The molecule has 0 spiro atoms. The van der Waals surface area contributed by atoms with Gasteiger partial charge in [-0.3, -0.25) is 14.4 Å².